The molecule has 0 spiro atoms. The van der Waals surface area contributed by atoms with Gasteiger partial charge < -0.3 is 4.74 Å². The summed E-state index contributed by atoms with van der Waals surface area (Å²) in [5.74, 6) is 0. The molecule has 10 heavy (non-hydrogen) atoms. The van der Waals surface area contributed by atoms with E-state index >= 15 is 0 Å². The van der Waals surface area contributed by atoms with E-state index in [1.807, 2.05) is 6.92 Å². The van der Waals surface area contributed by atoms with Crippen molar-refractivity contribution in [3.05, 3.63) is 0 Å². The molecule has 0 saturated carbocycles. The predicted molar refractivity (Wildman–Crippen MR) is 48.7 cm³/mol. The van der Waals surface area contributed by atoms with Crippen molar-refractivity contribution in [1.82, 2.24) is 0 Å². The van der Waals surface area contributed by atoms with Crippen molar-refractivity contribution in [1.29, 1.82) is 0 Å². The first-order valence-corrected chi connectivity index (χ1v) is 4.84. The molecule has 0 fully saturated rings. The van der Waals surface area contributed by atoms with Crippen LogP contribution in [-0.4, -0.2) is 18.0 Å². The van der Waals surface area contributed by atoms with Crippen LogP contribution in [0.3, 0.4) is 0 Å². The molecule has 0 N–H and O–H groups in total. The fourth-order valence-corrected chi connectivity index (χ4v) is 1.04. The molecule has 0 aromatic carbocycles. The lowest BCUT2D eigenvalue weighted by Gasteiger charge is -2.29. The third kappa shape index (κ3) is 3.02. The Hall–Kier alpha value is 0.440. The molecule has 2 heteroatoms. The second-order valence-electron chi connectivity index (χ2n) is 3.22. The summed E-state index contributed by atoms with van der Waals surface area (Å²) in [6.45, 7) is 9.34. The topological polar surface area (TPSA) is 9.23 Å². The average Bonchev–Trinajstić information content (AvgIpc) is 1.89. The molecule has 0 aliphatic rings. The molecular weight excluding hydrogens is 192 g/mol. The van der Waals surface area contributed by atoms with E-state index in [9.17, 15) is 0 Å². The maximum absolute atomic E-state index is 5.47. The second-order valence-corrected chi connectivity index (χ2v) is 3.78. The zero-order chi connectivity index (χ0) is 8.20. The summed E-state index contributed by atoms with van der Waals surface area (Å²) in [6.07, 6.45) is 0.330. The highest BCUT2D eigenvalue weighted by Crippen LogP contribution is 2.25. The molecule has 0 saturated heterocycles. The summed E-state index contributed by atoms with van der Waals surface area (Å²) in [5.41, 5.74) is 0.246. The summed E-state index contributed by atoms with van der Waals surface area (Å²) in [5, 5.41) is 0.987. The normalized spacial score (nSPS) is 15.3. The highest BCUT2D eigenvalue weighted by Gasteiger charge is 2.24. The summed E-state index contributed by atoms with van der Waals surface area (Å²) < 4.78 is 5.47. The molecule has 1 atom stereocenters. The van der Waals surface area contributed by atoms with Crippen LogP contribution in [0.2, 0.25) is 0 Å². The van der Waals surface area contributed by atoms with E-state index in [0.29, 0.717) is 6.10 Å². The molecule has 0 aliphatic carbocycles. The van der Waals surface area contributed by atoms with E-state index < -0.39 is 0 Å². The van der Waals surface area contributed by atoms with Gasteiger partial charge in [-0.15, -0.1) is 0 Å². The van der Waals surface area contributed by atoms with Crippen LogP contribution in [0.15, 0.2) is 0 Å². The molecule has 0 aliphatic heterocycles. The van der Waals surface area contributed by atoms with Crippen LogP contribution in [0.1, 0.15) is 27.7 Å². The van der Waals surface area contributed by atoms with Gasteiger partial charge in [0.2, 0.25) is 0 Å². The number of rotatable bonds is 4. The van der Waals surface area contributed by atoms with E-state index in [1.54, 1.807) is 0 Å². The minimum absolute atomic E-state index is 0.246. The largest absolute Gasteiger partial charge is 0.378 e. The predicted octanol–water partition coefficient (Wildman–Crippen LogP) is 2.83. The Morgan fingerprint density at radius 2 is 2.00 bits per heavy atom. The zero-order valence-corrected chi connectivity index (χ0v) is 8.86. The van der Waals surface area contributed by atoms with Gasteiger partial charge in [-0.1, -0.05) is 29.8 Å². The van der Waals surface area contributed by atoms with Crippen LogP contribution in [0.25, 0.3) is 0 Å². The number of halogens is 1. The van der Waals surface area contributed by atoms with Crippen molar-refractivity contribution in [3.8, 4) is 0 Å². The van der Waals surface area contributed by atoms with Gasteiger partial charge in [0.15, 0.2) is 0 Å². The Morgan fingerprint density at radius 1 is 1.50 bits per heavy atom. The fourth-order valence-electron chi connectivity index (χ4n) is 0.584. The van der Waals surface area contributed by atoms with Gasteiger partial charge in [0, 0.05) is 17.4 Å². The number of ether oxygens (including phenoxy) is 1. The molecule has 0 amide bonds. The molecule has 0 heterocycles. The van der Waals surface area contributed by atoms with Crippen LogP contribution >= 0.6 is 15.9 Å². The van der Waals surface area contributed by atoms with Gasteiger partial charge in [-0.2, -0.15) is 0 Å². The lowest BCUT2D eigenvalue weighted by molar-refractivity contribution is 0.00500. The van der Waals surface area contributed by atoms with E-state index in [4.69, 9.17) is 4.74 Å². The zero-order valence-electron chi connectivity index (χ0n) is 7.28. The van der Waals surface area contributed by atoms with Gasteiger partial charge in [0.05, 0.1) is 6.10 Å². The van der Waals surface area contributed by atoms with Gasteiger partial charge >= 0.3 is 0 Å². The fraction of sp³-hybridized carbons (Fsp3) is 1.00. The van der Waals surface area contributed by atoms with Crippen molar-refractivity contribution in [3.63, 3.8) is 0 Å². The average molecular weight is 209 g/mol. The lowest BCUT2D eigenvalue weighted by Crippen LogP contribution is -2.30. The molecule has 0 bridgehead atoms. The quantitative estimate of drug-likeness (QED) is 0.647. The first-order chi connectivity index (χ1) is 4.54. The standard InChI is InChI=1S/C8H17BrO/c1-5-10-7(2)8(3,4)6-9/h7H,5-6H2,1-4H3. The van der Waals surface area contributed by atoms with Crippen molar-refractivity contribution in [2.75, 3.05) is 11.9 Å². The van der Waals surface area contributed by atoms with Crippen LogP contribution in [0.5, 0.6) is 0 Å². The highest BCUT2D eigenvalue weighted by molar-refractivity contribution is 9.09. The molecule has 1 unspecified atom stereocenters. The summed E-state index contributed by atoms with van der Waals surface area (Å²) in [7, 11) is 0. The van der Waals surface area contributed by atoms with Gasteiger partial charge in [-0.25, -0.2) is 0 Å². The minimum atomic E-state index is 0.246. The number of hydrogen-bond acceptors (Lipinski definition) is 1. The van der Waals surface area contributed by atoms with Gasteiger partial charge in [0.25, 0.3) is 0 Å². The summed E-state index contributed by atoms with van der Waals surface area (Å²) in [6, 6.07) is 0. The van der Waals surface area contributed by atoms with Crippen molar-refractivity contribution in [2.45, 2.75) is 33.8 Å². The van der Waals surface area contributed by atoms with Crippen LogP contribution in [0, 0.1) is 5.41 Å². The van der Waals surface area contributed by atoms with Gasteiger partial charge in [-0.05, 0) is 13.8 Å². The van der Waals surface area contributed by atoms with Gasteiger partial charge in [0.1, 0.15) is 0 Å². The Labute approximate surface area is 72.3 Å². The third-order valence-electron chi connectivity index (χ3n) is 1.86. The first-order valence-electron chi connectivity index (χ1n) is 3.72. The van der Waals surface area contributed by atoms with Crippen LogP contribution in [-0.2, 0) is 4.74 Å². The van der Waals surface area contributed by atoms with E-state index in [2.05, 4.69) is 36.7 Å². The SMILES string of the molecule is CCOC(C)C(C)(C)CBr. The maximum Gasteiger partial charge on any atom is 0.0605 e. The number of alkyl halides is 1. The molecule has 0 aromatic rings. The van der Waals surface area contributed by atoms with Crippen LogP contribution < -0.4 is 0 Å². The maximum atomic E-state index is 5.47. The van der Waals surface area contributed by atoms with Crippen molar-refractivity contribution < 1.29 is 4.74 Å². The Kier molecular flexibility index (Phi) is 4.54. The Balaban J connectivity index is 3.78. The monoisotopic (exact) mass is 208 g/mol. The molecule has 0 rings (SSSR count). The van der Waals surface area contributed by atoms with Crippen LogP contribution in [0.4, 0.5) is 0 Å². The third-order valence-corrected chi connectivity index (χ3v) is 3.31. The molecule has 62 valence electrons. The molecular formula is C8H17BrO. The first kappa shape index (κ1) is 10.4. The molecule has 1 nitrogen and oxygen atoms in total. The number of hydrogen-bond donors (Lipinski definition) is 0. The van der Waals surface area contributed by atoms with E-state index in [-0.39, 0.29) is 5.41 Å². The van der Waals surface area contributed by atoms with Crippen molar-refractivity contribution in [2.24, 2.45) is 5.41 Å². The van der Waals surface area contributed by atoms with E-state index in [1.165, 1.54) is 0 Å². The van der Waals surface area contributed by atoms with Gasteiger partial charge in [-0.3, -0.25) is 0 Å². The van der Waals surface area contributed by atoms with Crippen molar-refractivity contribution >= 4 is 15.9 Å². The molecule has 0 radical (unpaired) electrons. The lowest BCUT2D eigenvalue weighted by atomic mass is 9.90. The Morgan fingerprint density at radius 3 is 2.30 bits per heavy atom. The van der Waals surface area contributed by atoms with E-state index in [0.717, 1.165) is 11.9 Å². The summed E-state index contributed by atoms with van der Waals surface area (Å²) >= 11 is 3.46. The minimum Gasteiger partial charge on any atom is -0.378 e. The summed E-state index contributed by atoms with van der Waals surface area (Å²) in [4.78, 5) is 0. The second kappa shape index (κ2) is 4.35. The highest BCUT2D eigenvalue weighted by atomic mass is 79.9. The molecule has 0 aromatic heterocycles. The Bertz CT molecular complexity index is 91.3. The smallest absolute Gasteiger partial charge is 0.0605 e.